The van der Waals surface area contributed by atoms with Gasteiger partial charge in [0.2, 0.25) is 0 Å². The average molecular weight is 131 g/mol. The standard InChI is InChI=1S/C7H17NO/c1-4-5-8(3)6-7(2)9/h7,9H,4-6H2,1-3H3/t7-/m0/s1. The van der Waals surface area contributed by atoms with E-state index in [1.165, 1.54) is 0 Å². The molecule has 0 fully saturated rings. The van der Waals surface area contributed by atoms with Crippen LogP contribution in [0.2, 0.25) is 0 Å². The first-order valence-corrected chi connectivity index (χ1v) is 3.53. The fourth-order valence-electron chi connectivity index (χ4n) is 0.924. The molecule has 0 aliphatic heterocycles. The summed E-state index contributed by atoms with van der Waals surface area (Å²) in [6, 6.07) is 0. The molecule has 0 unspecified atom stereocenters. The molecule has 0 radical (unpaired) electrons. The molecule has 2 nitrogen and oxygen atoms in total. The maximum Gasteiger partial charge on any atom is 0.0638 e. The van der Waals surface area contributed by atoms with E-state index in [1.807, 2.05) is 14.0 Å². The summed E-state index contributed by atoms with van der Waals surface area (Å²) >= 11 is 0. The first-order valence-electron chi connectivity index (χ1n) is 3.53. The third kappa shape index (κ3) is 5.80. The van der Waals surface area contributed by atoms with Crippen molar-refractivity contribution in [3.63, 3.8) is 0 Å². The van der Waals surface area contributed by atoms with Gasteiger partial charge in [-0.1, -0.05) is 6.92 Å². The number of likely N-dealkylation sites (N-methyl/N-ethyl adjacent to an activating group) is 1. The van der Waals surface area contributed by atoms with Gasteiger partial charge in [0, 0.05) is 6.54 Å². The maximum absolute atomic E-state index is 8.91. The molecule has 0 aliphatic carbocycles. The van der Waals surface area contributed by atoms with E-state index in [4.69, 9.17) is 5.11 Å². The van der Waals surface area contributed by atoms with Gasteiger partial charge in [0.1, 0.15) is 0 Å². The molecule has 0 saturated heterocycles. The fraction of sp³-hybridized carbons (Fsp3) is 1.00. The summed E-state index contributed by atoms with van der Waals surface area (Å²) in [4.78, 5) is 2.13. The molecule has 0 bridgehead atoms. The van der Waals surface area contributed by atoms with Gasteiger partial charge in [0.25, 0.3) is 0 Å². The van der Waals surface area contributed by atoms with E-state index >= 15 is 0 Å². The highest BCUT2D eigenvalue weighted by Crippen LogP contribution is 1.88. The van der Waals surface area contributed by atoms with Crippen molar-refractivity contribution in [2.24, 2.45) is 0 Å². The van der Waals surface area contributed by atoms with E-state index in [-0.39, 0.29) is 6.10 Å². The first kappa shape index (κ1) is 8.92. The zero-order valence-electron chi connectivity index (χ0n) is 6.59. The predicted octanol–water partition coefficient (Wildman–Crippen LogP) is 0.709. The Labute approximate surface area is 57.5 Å². The van der Waals surface area contributed by atoms with Gasteiger partial charge in [-0.2, -0.15) is 0 Å². The number of nitrogens with zero attached hydrogens (tertiary/aromatic N) is 1. The molecule has 0 aliphatic rings. The van der Waals surface area contributed by atoms with Crippen molar-refractivity contribution in [3.8, 4) is 0 Å². The lowest BCUT2D eigenvalue weighted by atomic mass is 10.3. The summed E-state index contributed by atoms with van der Waals surface area (Å²) in [6.45, 7) is 5.81. The molecule has 2 heteroatoms. The lowest BCUT2D eigenvalue weighted by Crippen LogP contribution is -2.27. The second-order valence-electron chi connectivity index (χ2n) is 2.61. The van der Waals surface area contributed by atoms with Crippen LogP contribution in [-0.2, 0) is 0 Å². The minimum absolute atomic E-state index is 0.193. The third-order valence-corrected chi connectivity index (χ3v) is 1.18. The number of hydrogen-bond donors (Lipinski definition) is 1. The van der Waals surface area contributed by atoms with Gasteiger partial charge in [-0.3, -0.25) is 0 Å². The van der Waals surface area contributed by atoms with E-state index in [1.54, 1.807) is 0 Å². The Morgan fingerprint density at radius 3 is 2.44 bits per heavy atom. The van der Waals surface area contributed by atoms with Gasteiger partial charge >= 0.3 is 0 Å². The summed E-state index contributed by atoms with van der Waals surface area (Å²) in [7, 11) is 2.02. The molecule has 1 atom stereocenters. The third-order valence-electron chi connectivity index (χ3n) is 1.18. The van der Waals surface area contributed by atoms with Gasteiger partial charge in [-0.15, -0.1) is 0 Å². The molecule has 0 heterocycles. The molecule has 0 rings (SSSR count). The number of aliphatic hydroxyl groups excluding tert-OH is 1. The average Bonchev–Trinajstić information content (AvgIpc) is 1.63. The molecule has 56 valence electrons. The van der Waals surface area contributed by atoms with Gasteiger partial charge in [-0.05, 0) is 26.9 Å². The van der Waals surface area contributed by atoms with Crippen molar-refractivity contribution in [1.82, 2.24) is 4.90 Å². The summed E-state index contributed by atoms with van der Waals surface area (Å²) < 4.78 is 0. The lowest BCUT2D eigenvalue weighted by molar-refractivity contribution is 0.141. The highest BCUT2D eigenvalue weighted by atomic mass is 16.3. The highest BCUT2D eigenvalue weighted by molar-refractivity contribution is 4.53. The Kier molecular flexibility index (Phi) is 4.72. The zero-order valence-corrected chi connectivity index (χ0v) is 6.59. The van der Waals surface area contributed by atoms with E-state index in [9.17, 15) is 0 Å². The van der Waals surface area contributed by atoms with Crippen LogP contribution in [0, 0.1) is 0 Å². The molecule has 0 aromatic heterocycles. The molecule has 0 amide bonds. The summed E-state index contributed by atoms with van der Waals surface area (Å²) in [5.41, 5.74) is 0. The van der Waals surface area contributed by atoms with E-state index < -0.39 is 0 Å². The van der Waals surface area contributed by atoms with Crippen molar-refractivity contribution in [2.45, 2.75) is 26.4 Å². The molecule has 0 aromatic carbocycles. The Balaban J connectivity index is 3.15. The minimum atomic E-state index is -0.193. The SMILES string of the molecule is CCCN(C)C[C@H](C)O. The zero-order chi connectivity index (χ0) is 7.28. The molecule has 0 spiro atoms. The minimum Gasteiger partial charge on any atom is -0.392 e. The van der Waals surface area contributed by atoms with Gasteiger partial charge in [-0.25, -0.2) is 0 Å². The van der Waals surface area contributed by atoms with Crippen LogP contribution >= 0.6 is 0 Å². The summed E-state index contributed by atoms with van der Waals surface area (Å²) in [6.07, 6.45) is 0.963. The second kappa shape index (κ2) is 4.77. The second-order valence-corrected chi connectivity index (χ2v) is 2.61. The van der Waals surface area contributed by atoms with Gasteiger partial charge < -0.3 is 10.0 Å². The summed E-state index contributed by atoms with van der Waals surface area (Å²) in [5.74, 6) is 0. The van der Waals surface area contributed by atoms with Crippen LogP contribution in [0.25, 0.3) is 0 Å². The Bertz CT molecular complexity index is 63.9. The van der Waals surface area contributed by atoms with Crippen molar-refractivity contribution < 1.29 is 5.11 Å². The largest absolute Gasteiger partial charge is 0.392 e. The lowest BCUT2D eigenvalue weighted by Gasteiger charge is -2.16. The molecular weight excluding hydrogens is 114 g/mol. The molecule has 1 N–H and O–H groups in total. The molecule has 9 heavy (non-hydrogen) atoms. The Morgan fingerprint density at radius 2 is 2.11 bits per heavy atom. The number of aliphatic hydroxyl groups is 1. The van der Waals surface area contributed by atoms with Crippen LogP contribution < -0.4 is 0 Å². The molecule has 0 aromatic rings. The Morgan fingerprint density at radius 1 is 1.56 bits per heavy atom. The monoisotopic (exact) mass is 131 g/mol. The molecule has 0 saturated carbocycles. The van der Waals surface area contributed by atoms with Crippen molar-refractivity contribution in [1.29, 1.82) is 0 Å². The van der Waals surface area contributed by atoms with Crippen LogP contribution in [0.3, 0.4) is 0 Å². The topological polar surface area (TPSA) is 23.5 Å². The number of rotatable bonds is 4. The normalized spacial score (nSPS) is 14.3. The van der Waals surface area contributed by atoms with Crippen LogP contribution in [0.5, 0.6) is 0 Å². The van der Waals surface area contributed by atoms with Crippen molar-refractivity contribution in [3.05, 3.63) is 0 Å². The Hall–Kier alpha value is -0.0800. The maximum atomic E-state index is 8.91. The van der Waals surface area contributed by atoms with Crippen molar-refractivity contribution >= 4 is 0 Å². The van der Waals surface area contributed by atoms with E-state index in [0.717, 1.165) is 19.5 Å². The van der Waals surface area contributed by atoms with E-state index in [0.29, 0.717) is 0 Å². The fourth-order valence-corrected chi connectivity index (χ4v) is 0.924. The van der Waals surface area contributed by atoms with Gasteiger partial charge in [0.15, 0.2) is 0 Å². The van der Waals surface area contributed by atoms with Crippen LogP contribution in [0.4, 0.5) is 0 Å². The van der Waals surface area contributed by atoms with E-state index in [2.05, 4.69) is 11.8 Å². The highest BCUT2D eigenvalue weighted by Gasteiger charge is 1.99. The number of hydrogen-bond acceptors (Lipinski definition) is 2. The predicted molar refractivity (Wildman–Crippen MR) is 39.5 cm³/mol. The van der Waals surface area contributed by atoms with Gasteiger partial charge in [0.05, 0.1) is 6.10 Å². The smallest absolute Gasteiger partial charge is 0.0638 e. The van der Waals surface area contributed by atoms with Crippen molar-refractivity contribution in [2.75, 3.05) is 20.1 Å². The molecular formula is C7H17NO. The first-order chi connectivity index (χ1) is 4.16. The van der Waals surface area contributed by atoms with Crippen LogP contribution in [-0.4, -0.2) is 36.2 Å². The summed E-state index contributed by atoms with van der Waals surface area (Å²) in [5, 5.41) is 8.91. The van der Waals surface area contributed by atoms with Crippen LogP contribution in [0.1, 0.15) is 20.3 Å². The quantitative estimate of drug-likeness (QED) is 0.607. The van der Waals surface area contributed by atoms with Crippen LogP contribution in [0.15, 0.2) is 0 Å².